The van der Waals surface area contributed by atoms with Gasteiger partial charge in [0.1, 0.15) is 10.0 Å². The van der Waals surface area contributed by atoms with E-state index in [2.05, 4.69) is 15.2 Å². The largest absolute Gasteiger partial charge is 0.274 e. The van der Waals surface area contributed by atoms with Crippen molar-refractivity contribution in [3.63, 3.8) is 0 Å². The first-order valence-corrected chi connectivity index (χ1v) is 10.1. The van der Waals surface area contributed by atoms with Crippen LogP contribution in [0.15, 0.2) is 69.7 Å². The third-order valence-corrected chi connectivity index (χ3v) is 6.33. The number of aryl methyl sites for hydroxylation is 1. The topological polar surface area (TPSA) is 99.7 Å². The van der Waals surface area contributed by atoms with E-state index in [-0.39, 0.29) is 21.9 Å². The second-order valence-electron chi connectivity index (χ2n) is 6.16. The highest BCUT2D eigenvalue weighted by atomic mass is 35.5. The Kier molecular flexibility index (Phi) is 4.48. The van der Waals surface area contributed by atoms with Gasteiger partial charge in [-0.25, -0.2) is 18.1 Å². The van der Waals surface area contributed by atoms with Gasteiger partial charge < -0.3 is 0 Å². The van der Waals surface area contributed by atoms with Crippen LogP contribution in [0.3, 0.4) is 0 Å². The van der Waals surface area contributed by atoms with E-state index in [0.29, 0.717) is 21.5 Å². The normalized spacial score (nSPS) is 11.8. The van der Waals surface area contributed by atoms with Crippen molar-refractivity contribution in [2.75, 3.05) is 0 Å². The highest BCUT2D eigenvalue weighted by Crippen LogP contribution is 2.23. The van der Waals surface area contributed by atoms with E-state index >= 15 is 0 Å². The second kappa shape index (κ2) is 6.84. The zero-order valence-electron chi connectivity index (χ0n) is 14.7. The lowest BCUT2D eigenvalue weighted by Crippen LogP contribution is -2.23. The van der Waals surface area contributed by atoms with Crippen molar-refractivity contribution in [1.29, 1.82) is 0 Å². The fourth-order valence-electron chi connectivity index (χ4n) is 2.82. The second-order valence-corrected chi connectivity index (χ2v) is 8.47. The summed E-state index contributed by atoms with van der Waals surface area (Å²) in [6.45, 7) is 0.164. The van der Waals surface area contributed by atoms with E-state index in [4.69, 9.17) is 11.6 Å². The zero-order valence-corrected chi connectivity index (χ0v) is 16.2. The first kappa shape index (κ1) is 18.3. The highest BCUT2D eigenvalue weighted by Gasteiger charge is 2.20. The Bertz CT molecular complexity index is 1360. The summed E-state index contributed by atoms with van der Waals surface area (Å²) in [5, 5.41) is 9.14. The summed E-state index contributed by atoms with van der Waals surface area (Å²) >= 11 is 6.05. The Hall–Kier alpha value is -3.04. The third-order valence-electron chi connectivity index (χ3n) is 4.28. The average Bonchev–Trinajstić information content (AvgIpc) is 3.12. The molecule has 0 aliphatic heterocycles. The van der Waals surface area contributed by atoms with Gasteiger partial charge >= 0.3 is 0 Å². The summed E-state index contributed by atoms with van der Waals surface area (Å²) in [5.74, 6) is 0. The molecule has 0 N–H and O–H groups in total. The lowest BCUT2D eigenvalue weighted by molar-refractivity contribution is 0.596. The van der Waals surface area contributed by atoms with Gasteiger partial charge in [0.25, 0.3) is 5.56 Å². The summed E-state index contributed by atoms with van der Waals surface area (Å²) in [4.78, 5) is 16.9. The molecule has 0 spiro atoms. The number of pyridine rings is 1. The van der Waals surface area contributed by atoms with Crippen LogP contribution in [0.2, 0.25) is 5.15 Å². The van der Waals surface area contributed by atoms with Gasteiger partial charge in [0, 0.05) is 30.4 Å². The van der Waals surface area contributed by atoms with Crippen molar-refractivity contribution in [1.82, 2.24) is 24.5 Å². The number of benzene rings is 1. The van der Waals surface area contributed by atoms with Gasteiger partial charge in [0.15, 0.2) is 0 Å². The molecule has 4 rings (SSSR count). The number of halogens is 1. The van der Waals surface area contributed by atoms with Gasteiger partial charge in [-0.1, -0.05) is 17.7 Å². The predicted octanol–water partition coefficient (Wildman–Crippen LogP) is 2.06. The fraction of sp³-hybridized carbons (Fsp3) is 0.111. The van der Waals surface area contributed by atoms with Crippen molar-refractivity contribution in [3.8, 4) is 0 Å². The molecule has 0 saturated heterocycles. The zero-order chi connectivity index (χ0) is 19.9. The van der Waals surface area contributed by atoms with Gasteiger partial charge in [-0.15, -0.1) is 0 Å². The average molecular weight is 416 g/mol. The third kappa shape index (κ3) is 3.19. The summed E-state index contributed by atoms with van der Waals surface area (Å²) in [6.07, 6.45) is 5.73. The Morgan fingerprint density at radius 2 is 1.93 bits per heavy atom. The van der Waals surface area contributed by atoms with Crippen molar-refractivity contribution >= 4 is 32.2 Å². The van der Waals surface area contributed by atoms with Crippen LogP contribution in [-0.4, -0.2) is 33.0 Å². The number of fused-ring (bicyclic) bond motifs is 1. The van der Waals surface area contributed by atoms with Crippen LogP contribution in [0.1, 0.15) is 5.56 Å². The lowest BCUT2D eigenvalue weighted by atomic mass is 10.2. The number of hydrogen-bond acceptors (Lipinski definition) is 6. The predicted molar refractivity (Wildman–Crippen MR) is 103 cm³/mol. The first-order valence-electron chi connectivity index (χ1n) is 8.19. The highest BCUT2D eigenvalue weighted by molar-refractivity contribution is 7.91. The van der Waals surface area contributed by atoms with E-state index in [1.54, 1.807) is 25.4 Å². The van der Waals surface area contributed by atoms with Crippen LogP contribution in [0, 0.1) is 0 Å². The molecule has 1 aromatic carbocycles. The molecule has 0 amide bonds. The number of nitrogens with zero attached hydrogens (tertiary/aromatic N) is 5. The maximum absolute atomic E-state index is 12.8. The number of aromatic nitrogens is 5. The molecule has 142 valence electrons. The van der Waals surface area contributed by atoms with Crippen molar-refractivity contribution in [2.45, 2.75) is 16.3 Å². The molecule has 0 radical (unpaired) electrons. The first-order chi connectivity index (χ1) is 13.4. The van der Waals surface area contributed by atoms with Crippen LogP contribution < -0.4 is 5.56 Å². The van der Waals surface area contributed by atoms with E-state index in [1.807, 2.05) is 0 Å². The van der Waals surface area contributed by atoms with Gasteiger partial charge in [0.2, 0.25) is 9.84 Å². The monoisotopic (exact) mass is 415 g/mol. The molecular formula is C18H14ClN5O3S. The summed E-state index contributed by atoms with van der Waals surface area (Å²) in [5.41, 5.74) is 0.316. The smallest absolute Gasteiger partial charge is 0.274 e. The molecule has 0 fully saturated rings. The van der Waals surface area contributed by atoms with Crippen molar-refractivity contribution in [3.05, 3.63) is 76.2 Å². The minimum Gasteiger partial charge on any atom is -0.274 e. The van der Waals surface area contributed by atoms with Gasteiger partial charge in [0.05, 0.1) is 29.2 Å². The summed E-state index contributed by atoms with van der Waals surface area (Å²) in [6, 6.07) is 7.82. The molecule has 0 saturated carbocycles. The Labute approximate surface area is 164 Å². The van der Waals surface area contributed by atoms with Crippen LogP contribution in [-0.2, 0) is 23.4 Å². The number of sulfone groups is 1. The summed E-state index contributed by atoms with van der Waals surface area (Å²) < 4.78 is 28.2. The van der Waals surface area contributed by atoms with Crippen LogP contribution >= 0.6 is 11.6 Å². The molecule has 28 heavy (non-hydrogen) atoms. The number of rotatable bonds is 4. The van der Waals surface area contributed by atoms with Gasteiger partial charge in [-0.3, -0.25) is 9.48 Å². The maximum atomic E-state index is 12.8. The van der Waals surface area contributed by atoms with E-state index < -0.39 is 9.84 Å². The van der Waals surface area contributed by atoms with Crippen LogP contribution in [0.5, 0.6) is 0 Å². The van der Waals surface area contributed by atoms with E-state index in [9.17, 15) is 13.2 Å². The molecule has 3 heterocycles. The van der Waals surface area contributed by atoms with Gasteiger partial charge in [-0.2, -0.15) is 10.2 Å². The fourth-order valence-corrected chi connectivity index (χ4v) is 4.28. The Morgan fingerprint density at radius 1 is 1.11 bits per heavy atom. The molecule has 0 bridgehead atoms. The SMILES string of the molecule is Cn1cc(S(=O)(=O)c2ccc3c(=O)n(Cc4cccnc4Cl)ncc3c2)cn1. The van der Waals surface area contributed by atoms with Gasteiger partial charge in [-0.05, 0) is 24.3 Å². The molecule has 3 aromatic heterocycles. The molecule has 8 nitrogen and oxygen atoms in total. The maximum Gasteiger partial charge on any atom is 0.274 e. The standard InChI is InChI=1S/C18H14ClN5O3S/c1-23-11-15(9-21-23)28(26,27)14-4-5-16-13(7-14)8-22-24(18(16)25)10-12-3-2-6-20-17(12)19/h2-9,11H,10H2,1H3. The Balaban J connectivity index is 1.76. The quantitative estimate of drug-likeness (QED) is 0.473. The van der Waals surface area contributed by atoms with Crippen molar-refractivity contribution in [2.24, 2.45) is 7.05 Å². The molecule has 0 aliphatic carbocycles. The summed E-state index contributed by atoms with van der Waals surface area (Å²) in [7, 11) is -2.09. The Morgan fingerprint density at radius 3 is 2.64 bits per heavy atom. The van der Waals surface area contributed by atoms with E-state index in [0.717, 1.165) is 0 Å². The molecule has 4 aromatic rings. The van der Waals surface area contributed by atoms with Crippen molar-refractivity contribution < 1.29 is 8.42 Å². The number of hydrogen-bond donors (Lipinski definition) is 0. The molecule has 0 unspecified atom stereocenters. The van der Waals surface area contributed by atoms with E-state index in [1.165, 1.54) is 46.2 Å². The molecular weight excluding hydrogens is 402 g/mol. The van der Waals surface area contributed by atoms with Crippen LogP contribution in [0.25, 0.3) is 10.8 Å². The molecule has 0 atom stereocenters. The minimum atomic E-state index is -3.73. The molecule has 0 aliphatic rings. The lowest BCUT2D eigenvalue weighted by Gasteiger charge is -2.08. The molecule has 10 heteroatoms. The minimum absolute atomic E-state index is 0.0715. The van der Waals surface area contributed by atoms with Crippen LogP contribution in [0.4, 0.5) is 0 Å².